The second-order valence-electron chi connectivity index (χ2n) is 6.07. The van der Waals surface area contributed by atoms with Crippen LogP contribution in [0.1, 0.15) is 6.42 Å². The standard InChI is InChI=1S/C17H14ClNO5S/c18-12-2-1-3-15-16(12)24-13-8-11(4-5-14(13)25(15,22)23)19-7-6-10(9-19)17(20)21/h1-5,8,10H,6-7,9H2,(H,20,21). The van der Waals surface area contributed by atoms with Crippen molar-refractivity contribution in [2.75, 3.05) is 18.0 Å². The molecule has 2 aliphatic heterocycles. The number of hydrogen-bond donors (Lipinski definition) is 1. The quantitative estimate of drug-likeness (QED) is 0.736. The van der Waals surface area contributed by atoms with E-state index in [1.54, 1.807) is 24.3 Å². The van der Waals surface area contributed by atoms with E-state index in [2.05, 4.69) is 0 Å². The first kappa shape index (κ1) is 16.2. The smallest absolute Gasteiger partial charge is 0.308 e. The summed E-state index contributed by atoms with van der Waals surface area (Å²) in [7, 11) is -3.71. The van der Waals surface area contributed by atoms with Crippen LogP contribution in [0, 0.1) is 5.92 Å². The third kappa shape index (κ3) is 2.54. The first-order chi connectivity index (χ1) is 11.9. The van der Waals surface area contributed by atoms with Crippen LogP contribution in [0.2, 0.25) is 5.02 Å². The number of anilines is 1. The first-order valence-corrected chi connectivity index (χ1v) is 9.57. The van der Waals surface area contributed by atoms with Crippen LogP contribution in [0.15, 0.2) is 46.2 Å². The number of carboxylic acid groups (broad SMARTS) is 1. The third-order valence-electron chi connectivity index (χ3n) is 4.55. The van der Waals surface area contributed by atoms with E-state index < -0.39 is 21.7 Å². The number of hydrogen-bond acceptors (Lipinski definition) is 5. The lowest BCUT2D eigenvalue weighted by Gasteiger charge is -2.24. The van der Waals surface area contributed by atoms with Gasteiger partial charge in [-0.2, -0.15) is 0 Å². The van der Waals surface area contributed by atoms with Gasteiger partial charge < -0.3 is 14.7 Å². The number of carboxylic acids is 1. The van der Waals surface area contributed by atoms with E-state index in [-0.39, 0.29) is 26.3 Å². The average Bonchev–Trinajstić information content (AvgIpc) is 3.06. The van der Waals surface area contributed by atoms with Crippen LogP contribution in [0.5, 0.6) is 11.5 Å². The number of para-hydroxylation sites is 1. The van der Waals surface area contributed by atoms with Crippen molar-refractivity contribution in [1.82, 2.24) is 0 Å². The molecule has 0 bridgehead atoms. The van der Waals surface area contributed by atoms with Crippen LogP contribution in [0.4, 0.5) is 5.69 Å². The predicted octanol–water partition coefficient (Wildman–Crippen LogP) is 3.19. The van der Waals surface area contributed by atoms with E-state index >= 15 is 0 Å². The molecule has 8 heteroatoms. The molecule has 2 aromatic rings. The molecule has 1 saturated heterocycles. The Labute approximate surface area is 149 Å². The molecule has 0 aliphatic carbocycles. The van der Waals surface area contributed by atoms with Crippen LogP contribution in [-0.2, 0) is 14.6 Å². The Bertz CT molecular complexity index is 989. The Morgan fingerprint density at radius 2 is 2.04 bits per heavy atom. The molecule has 0 radical (unpaired) electrons. The van der Waals surface area contributed by atoms with Crippen molar-refractivity contribution >= 4 is 33.1 Å². The highest BCUT2D eigenvalue weighted by molar-refractivity contribution is 7.91. The number of fused-ring (bicyclic) bond motifs is 2. The van der Waals surface area contributed by atoms with Crippen LogP contribution in [0.25, 0.3) is 0 Å². The Balaban J connectivity index is 1.75. The molecule has 4 rings (SSSR count). The number of nitrogens with zero attached hydrogens (tertiary/aromatic N) is 1. The van der Waals surface area contributed by atoms with Gasteiger partial charge in [-0.1, -0.05) is 17.7 Å². The number of sulfone groups is 1. The van der Waals surface area contributed by atoms with Gasteiger partial charge in [-0.3, -0.25) is 4.79 Å². The number of rotatable bonds is 2. The monoisotopic (exact) mass is 379 g/mol. The molecule has 25 heavy (non-hydrogen) atoms. The maximum absolute atomic E-state index is 12.8. The lowest BCUT2D eigenvalue weighted by Crippen LogP contribution is -2.23. The second kappa shape index (κ2) is 5.64. The maximum atomic E-state index is 12.8. The van der Waals surface area contributed by atoms with Crippen molar-refractivity contribution in [3.8, 4) is 11.5 Å². The van der Waals surface area contributed by atoms with Crippen LogP contribution in [-0.4, -0.2) is 32.6 Å². The molecule has 1 N–H and O–H groups in total. The van der Waals surface area contributed by atoms with Crippen molar-refractivity contribution in [1.29, 1.82) is 0 Å². The molecular formula is C17H14ClNO5S. The molecule has 0 aromatic heterocycles. The van der Waals surface area contributed by atoms with E-state index in [4.69, 9.17) is 21.4 Å². The van der Waals surface area contributed by atoms with E-state index in [0.29, 0.717) is 19.5 Å². The molecule has 0 spiro atoms. The summed E-state index contributed by atoms with van der Waals surface area (Å²) in [6, 6.07) is 9.41. The first-order valence-electron chi connectivity index (χ1n) is 7.71. The van der Waals surface area contributed by atoms with Crippen molar-refractivity contribution in [2.24, 2.45) is 5.92 Å². The molecule has 2 aromatic carbocycles. The zero-order valence-corrected chi connectivity index (χ0v) is 14.5. The lowest BCUT2D eigenvalue weighted by atomic mass is 10.1. The summed E-state index contributed by atoms with van der Waals surface area (Å²) < 4.78 is 31.3. The fourth-order valence-electron chi connectivity index (χ4n) is 3.22. The predicted molar refractivity (Wildman–Crippen MR) is 91.4 cm³/mol. The normalized spacial score (nSPS) is 20.5. The van der Waals surface area contributed by atoms with Gasteiger partial charge in [0.2, 0.25) is 9.84 Å². The van der Waals surface area contributed by atoms with Gasteiger partial charge in [0.15, 0.2) is 5.75 Å². The summed E-state index contributed by atoms with van der Waals surface area (Å²) in [4.78, 5) is 13.2. The van der Waals surface area contributed by atoms with Crippen LogP contribution >= 0.6 is 11.6 Å². The van der Waals surface area contributed by atoms with Gasteiger partial charge >= 0.3 is 5.97 Å². The molecule has 130 valence electrons. The van der Waals surface area contributed by atoms with Gasteiger partial charge in [-0.25, -0.2) is 8.42 Å². The van der Waals surface area contributed by atoms with E-state index in [1.807, 2.05) is 4.90 Å². The third-order valence-corrected chi connectivity index (χ3v) is 6.67. The SMILES string of the molecule is O=C(O)C1CCN(c2ccc3c(c2)Oc2c(Cl)cccc2S3(=O)=O)C1. The highest BCUT2D eigenvalue weighted by atomic mass is 35.5. The van der Waals surface area contributed by atoms with Crippen molar-refractivity contribution < 1.29 is 23.1 Å². The van der Waals surface area contributed by atoms with E-state index in [0.717, 1.165) is 5.69 Å². The second-order valence-corrected chi connectivity index (χ2v) is 8.37. The molecule has 1 unspecified atom stereocenters. The fraction of sp³-hybridized carbons (Fsp3) is 0.235. The Morgan fingerprint density at radius 1 is 1.24 bits per heavy atom. The largest absolute Gasteiger partial charge is 0.481 e. The minimum absolute atomic E-state index is 0.0485. The van der Waals surface area contributed by atoms with Crippen molar-refractivity contribution in [2.45, 2.75) is 16.2 Å². The molecule has 1 atom stereocenters. The summed E-state index contributed by atoms with van der Waals surface area (Å²) in [5, 5.41) is 9.36. The van der Waals surface area contributed by atoms with Crippen LogP contribution in [0.3, 0.4) is 0 Å². The van der Waals surface area contributed by atoms with Gasteiger partial charge in [0.25, 0.3) is 0 Å². The minimum Gasteiger partial charge on any atom is -0.481 e. The van der Waals surface area contributed by atoms with Gasteiger partial charge in [0.1, 0.15) is 15.5 Å². The minimum atomic E-state index is -3.71. The average molecular weight is 380 g/mol. The number of aliphatic carboxylic acids is 1. The summed E-state index contributed by atoms with van der Waals surface area (Å²) in [5.74, 6) is -0.911. The van der Waals surface area contributed by atoms with Gasteiger partial charge in [-0.05, 0) is 30.7 Å². The molecule has 2 aliphatic rings. The number of carbonyl (C=O) groups is 1. The number of ether oxygens (including phenoxy) is 1. The summed E-state index contributed by atoms with van der Waals surface area (Å²) in [6.45, 7) is 0.984. The Hall–Kier alpha value is -2.25. The summed E-state index contributed by atoms with van der Waals surface area (Å²) in [5.41, 5.74) is 0.730. The van der Waals surface area contributed by atoms with Crippen molar-refractivity contribution in [3.05, 3.63) is 41.4 Å². The highest BCUT2D eigenvalue weighted by Crippen LogP contribution is 2.47. The maximum Gasteiger partial charge on any atom is 0.308 e. The Kier molecular flexibility index (Phi) is 3.66. The van der Waals surface area contributed by atoms with Gasteiger partial charge in [0.05, 0.1) is 10.9 Å². The number of benzene rings is 2. The molecule has 0 saturated carbocycles. The van der Waals surface area contributed by atoms with E-state index in [1.165, 1.54) is 12.1 Å². The van der Waals surface area contributed by atoms with E-state index in [9.17, 15) is 13.2 Å². The molecular weight excluding hydrogens is 366 g/mol. The highest BCUT2D eigenvalue weighted by Gasteiger charge is 2.34. The van der Waals surface area contributed by atoms with Gasteiger partial charge in [-0.15, -0.1) is 0 Å². The Morgan fingerprint density at radius 3 is 2.76 bits per heavy atom. The van der Waals surface area contributed by atoms with Gasteiger partial charge in [0, 0.05) is 24.8 Å². The molecule has 0 amide bonds. The fourth-order valence-corrected chi connectivity index (χ4v) is 4.99. The topological polar surface area (TPSA) is 83.9 Å². The lowest BCUT2D eigenvalue weighted by molar-refractivity contribution is -0.140. The van der Waals surface area contributed by atoms with Crippen LogP contribution < -0.4 is 9.64 Å². The summed E-state index contributed by atoms with van der Waals surface area (Å²) >= 11 is 6.09. The zero-order chi connectivity index (χ0) is 17.8. The van der Waals surface area contributed by atoms with Crippen molar-refractivity contribution in [3.63, 3.8) is 0 Å². The molecule has 1 fully saturated rings. The number of halogens is 1. The molecule has 6 nitrogen and oxygen atoms in total. The summed E-state index contributed by atoms with van der Waals surface area (Å²) in [6.07, 6.45) is 0.556. The molecule has 2 heterocycles. The zero-order valence-electron chi connectivity index (χ0n) is 13.0.